The Labute approximate surface area is 213 Å². The third-order valence-electron chi connectivity index (χ3n) is 7.54. The van der Waals surface area contributed by atoms with Crippen molar-refractivity contribution < 1.29 is 12.8 Å². The molecule has 1 aliphatic heterocycles. The first-order valence-corrected chi connectivity index (χ1v) is 14.0. The monoisotopic (exact) mass is 508 g/mol. The van der Waals surface area contributed by atoms with Crippen LogP contribution >= 0.6 is 0 Å². The van der Waals surface area contributed by atoms with Gasteiger partial charge >= 0.3 is 0 Å². The van der Waals surface area contributed by atoms with Gasteiger partial charge in [-0.15, -0.1) is 6.58 Å². The molecule has 5 rings (SSSR count). The van der Waals surface area contributed by atoms with Crippen LogP contribution in [0.1, 0.15) is 30.4 Å². The molecular formula is C28H33FN4O2S. The molecule has 2 atom stereocenters. The highest BCUT2D eigenvalue weighted by Gasteiger charge is 2.28. The number of hydrogen-bond donors (Lipinski definition) is 1. The fraction of sp³-hybridized carbons (Fsp3) is 0.393. The van der Waals surface area contributed by atoms with Crippen LogP contribution < -0.4 is 4.72 Å². The molecule has 2 bridgehead atoms. The molecular weight excluding hydrogens is 475 g/mol. The lowest BCUT2D eigenvalue weighted by Crippen LogP contribution is -2.44. The maximum Gasteiger partial charge on any atom is 0.279 e. The number of aryl methyl sites for hydroxylation is 1. The van der Waals surface area contributed by atoms with E-state index in [1.165, 1.54) is 27.6 Å². The molecule has 2 heterocycles. The molecule has 190 valence electrons. The highest BCUT2D eigenvalue weighted by molar-refractivity contribution is 7.87. The summed E-state index contributed by atoms with van der Waals surface area (Å²) in [4.78, 5) is 0. The van der Waals surface area contributed by atoms with Crippen molar-refractivity contribution in [1.29, 1.82) is 0 Å². The van der Waals surface area contributed by atoms with Crippen LogP contribution in [0.5, 0.6) is 0 Å². The minimum atomic E-state index is -3.52. The number of hydrogen-bond acceptors (Lipinski definition) is 3. The number of halogens is 1. The second-order valence-corrected chi connectivity index (χ2v) is 11.8. The lowest BCUT2D eigenvalue weighted by atomic mass is 9.80. The van der Waals surface area contributed by atoms with E-state index in [1.807, 2.05) is 17.8 Å². The molecule has 0 saturated carbocycles. The van der Waals surface area contributed by atoms with Gasteiger partial charge in [-0.05, 0) is 97.0 Å². The van der Waals surface area contributed by atoms with Crippen molar-refractivity contribution in [1.82, 2.24) is 18.8 Å². The third kappa shape index (κ3) is 5.31. The van der Waals surface area contributed by atoms with Gasteiger partial charge in [-0.1, -0.05) is 18.2 Å². The van der Waals surface area contributed by atoms with Crippen molar-refractivity contribution in [2.45, 2.75) is 32.1 Å². The summed E-state index contributed by atoms with van der Waals surface area (Å²) in [6, 6.07) is 15.1. The van der Waals surface area contributed by atoms with Crippen molar-refractivity contribution >= 4 is 10.2 Å². The van der Waals surface area contributed by atoms with Gasteiger partial charge in [0.05, 0.1) is 11.4 Å². The Morgan fingerprint density at radius 1 is 1.03 bits per heavy atom. The van der Waals surface area contributed by atoms with Gasteiger partial charge in [0, 0.05) is 32.2 Å². The maximum atomic E-state index is 13.4. The summed E-state index contributed by atoms with van der Waals surface area (Å²) in [5, 5.41) is 4.74. The van der Waals surface area contributed by atoms with Gasteiger partial charge in [0.15, 0.2) is 0 Å². The molecule has 1 fully saturated rings. The Bertz CT molecular complexity index is 1350. The van der Waals surface area contributed by atoms with Crippen LogP contribution in [-0.2, 0) is 30.1 Å². The highest BCUT2D eigenvalue weighted by atomic mass is 32.2. The fourth-order valence-corrected chi connectivity index (χ4v) is 6.76. The Balaban J connectivity index is 1.45. The lowest BCUT2D eigenvalue weighted by Gasteiger charge is -2.31. The zero-order valence-corrected chi connectivity index (χ0v) is 21.5. The average molecular weight is 509 g/mol. The van der Waals surface area contributed by atoms with E-state index in [0.29, 0.717) is 25.6 Å². The SMILES string of the molecule is C=CCN1CC[C@H]2CC[C@@H](CNS1(=O)=O)Cc1cc(-c3cc(-c4ccc(F)cc4)n(C)n3)ccc1C2. The first-order chi connectivity index (χ1) is 17.3. The van der Waals surface area contributed by atoms with E-state index < -0.39 is 10.2 Å². The molecule has 8 heteroatoms. The van der Waals surface area contributed by atoms with Gasteiger partial charge in [0.2, 0.25) is 0 Å². The number of benzene rings is 2. The van der Waals surface area contributed by atoms with E-state index in [2.05, 4.69) is 29.5 Å². The third-order valence-corrected chi connectivity index (χ3v) is 9.08. The highest BCUT2D eigenvalue weighted by Crippen LogP contribution is 2.33. The van der Waals surface area contributed by atoms with Gasteiger partial charge in [0.1, 0.15) is 5.82 Å². The summed E-state index contributed by atoms with van der Waals surface area (Å²) in [6.45, 7) is 5.00. The summed E-state index contributed by atoms with van der Waals surface area (Å²) >= 11 is 0. The van der Waals surface area contributed by atoms with Crippen molar-refractivity contribution in [2.75, 3.05) is 19.6 Å². The minimum absolute atomic E-state index is 0.235. The Morgan fingerprint density at radius 2 is 1.75 bits per heavy atom. The van der Waals surface area contributed by atoms with Crippen molar-refractivity contribution in [3.63, 3.8) is 0 Å². The summed E-state index contributed by atoms with van der Waals surface area (Å²) < 4.78 is 45.3. The second-order valence-electron chi connectivity index (χ2n) is 10.0. The van der Waals surface area contributed by atoms with Crippen molar-refractivity contribution in [3.05, 3.63) is 78.1 Å². The van der Waals surface area contributed by atoms with E-state index in [-0.39, 0.29) is 11.7 Å². The topological polar surface area (TPSA) is 67.2 Å². The van der Waals surface area contributed by atoms with E-state index >= 15 is 0 Å². The van der Waals surface area contributed by atoms with E-state index in [0.717, 1.165) is 54.6 Å². The molecule has 1 aromatic heterocycles. The van der Waals surface area contributed by atoms with Gasteiger partial charge in [-0.25, -0.2) is 9.11 Å². The largest absolute Gasteiger partial charge is 0.279 e. The Kier molecular flexibility index (Phi) is 7.10. The smallest absolute Gasteiger partial charge is 0.267 e. The molecule has 0 spiro atoms. The second kappa shape index (κ2) is 10.3. The molecule has 0 unspecified atom stereocenters. The van der Waals surface area contributed by atoms with Crippen LogP contribution in [0, 0.1) is 17.7 Å². The Morgan fingerprint density at radius 3 is 2.53 bits per heavy atom. The number of nitrogens with zero attached hydrogens (tertiary/aromatic N) is 3. The quantitative estimate of drug-likeness (QED) is 0.518. The number of rotatable bonds is 4. The number of fused-ring (bicyclic) bond motifs is 4. The van der Waals surface area contributed by atoms with Gasteiger partial charge in [-0.2, -0.15) is 17.8 Å². The molecule has 3 aromatic rings. The Hall–Kier alpha value is -2.81. The summed E-state index contributed by atoms with van der Waals surface area (Å²) in [7, 11) is -1.62. The zero-order chi connectivity index (χ0) is 25.3. The van der Waals surface area contributed by atoms with Gasteiger partial charge in [0.25, 0.3) is 10.2 Å². The predicted molar refractivity (Wildman–Crippen MR) is 141 cm³/mol. The molecule has 1 N–H and O–H groups in total. The summed E-state index contributed by atoms with van der Waals surface area (Å²) in [6.07, 6.45) is 6.40. The summed E-state index contributed by atoms with van der Waals surface area (Å²) in [5.41, 5.74) is 6.38. The first-order valence-electron chi connectivity index (χ1n) is 12.6. The summed E-state index contributed by atoms with van der Waals surface area (Å²) in [5.74, 6) is 0.419. The number of nitrogens with one attached hydrogen (secondary N) is 1. The molecule has 36 heavy (non-hydrogen) atoms. The van der Waals surface area contributed by atoms with Crippen LogP contribution in [0.4, 0.5) is 4.39 Å². The fourth-order valence-electron chi connectivity index (χ4n) is 5.49. The number of aromatic nitrogens is 2. The molecule has 6 nitrogen and oxygen atoms in total. The maximum absolute atomic E-state index is 13.4. The van der Waals surface area contributed by atoms with E-state index in [9.17, 15) is 12.8 Å². The lowest BCUT2D eigenvalue weighted by molar-refractivity contribution is 0.311. The van der Waals surface area contributed by atoms with E-state index in [4.69, 9.17) is 5.10 Å². The molecule has 0 radical (unpaired) electrons. The molecule has 1 saturated heterocycles. The van der Waals surface area contributed by atoms with Gasteiger partial charge in [-0.3, -0.25) is 4.68 Å². The standard InChI is InChI=1S/C28H33FN4O2S/c1-3-13-33-14-12-20-4-5-21(19-30-36(33,34)35)16-25-17-24(7-6-23(25)15-20)27-18-28(32(2)31-27)22-8-10-26(29)11-9-22/h3,6-11,17-18,20-21,30H,1,4-5,12-16,19H2,2H3/t20-,21-/m1/s1. The van der Waals surface area contributed by atoms with Gasteiger partial charge < -0.3 is 0 Å². The molecule has 0 amide bonds. The van der Waals surface area contributed by atoms with E-state index in [1.54, 1.807) is 18.2 Å². The molecule has 2 aliphatic rings. The van der Waals surface area contributed by atoms with Crippen molar-refractivity contribution in [2.24, 2.45) is 18.9 Å². The van der Waals surface area contributed by atoms with Crippen LogP contribution in [-0.4, -0.2) is 42.1 Å². The minimum Gasteiger partial charge on any atom is -0.267 e. The first kappa shape index (κ1) is 24.9. The molecule has 2 aromatic carbocycles. The van der Waals surface area contributed by atoms with Crippen LogP contribution in [0.3, 0.4) is 0 Å². The molecule has 1 aliphatic carbocycles. The van der Waals surface area contributed by atoms with Crippen molar-refractivity contribution in [3.8, 4) is 22.5 Å². The van der Waals surface area contributed by atoms with Crippen LogP contribution in [0.15, 0.2) is 61.2 Å². The normalized spacial score (nSPS) is 22.4. The van der Waals surface area contributed by atoms with Crippen LogP contribution in [0.2, 0.25) is 0 Å². The average Bonchev–Trinajstić information content (AvgIpc) is 3.23. The predicted octanol–water partition coefficient (Wildman–Crippen LogP) is 4.73. The van der Waals surface area contributed by atoms with Crippen LogP contribution in [0.25, 0.3) is 22.5 Å². The zero-order valence-electron chi connectivity index (χ0n) is 20.7.